The number of piperidine rings is 1. The van der Waals surface area contributed by atoms with Crippen LogP contribution in [0.2, 0.25) is 0 Å². The van der Waals surface area contributed by atoms with Crippen molar-refractivity contribution in [3.05, 3.63) is 18.2 Å². The number of likely N-dealkylation sites (tertiary alicyclic amines) is 1. The minimum atomic E-state index is 0.209. The van der Waals surface area contributed by atoms with E-state index in [1.165, 1.54) is 25.7 Å². The van der Waals surface area contributed by atoms with Crippen LogP contribution in [0, 0.1) is 0 Å². The third-order valence-corrected chi connectivity index (χ3v) is 5.09. The zero-order valence-electron chi connectivity index (χ0n) is 13.2. The molecule has 2 heterocycles. The molecule has 2 aliphatic rings. The van der Waals surface area contributed by atoms with Gasteiger partial charge in [-0.15, -0.1) is 0 Å². The van der Waals surface area contributed by atoms with Crippen molar-refractivity contribution >= 4 is 6.03 Å². The van der Waals surface area contributed by atoms with Crippen LogP contribution in [0.15, 0.2) is 12.4 Å². The number of nitrogens with zero attached hydrogens (tertiary/aromatic N) is 4. The number of rotatable bonds is 2. The molecule has 2 amide bonds. The molecule has 0 spiro atoms. The van der Waals surface area contributed by atoms with Crippen LogP contribution in [0.3, 0.4) is 0 Å². The topological polar surface area (TPSA) is 41.4 Å². The van der Waals surface area contributed by atoms with Gasteiger partial charge in [-0.3, -0.25) is 0 Å². The average molecular weight is 290 g/mol. The second kappa shape index (κ2) is 6.08. The van der Waals surface area contributed by atoms with E-state index in [0.717, 1.165) is 31.8 Å². The molecular weight excluding hydrogens is 264 g/mol. The Kier molecular flexibility index (Phi) is 4.17. The van der Waals surface area contributed by atoms with Gasteiger partial charge < -0.3 is 14.4 Å². The van der Waals surface area contributed by atoms with Crippen LogP contribution in [0.4, 0.5) is 4.79 Å². The Hall–Kier alpha value is -1.52. The van der Waals surface area contributed by atoms with E-state index < -0.39 is 0 Å². The maximum Gasteiger partial charge on any atom is 0.320 e. The number of hydrogen-bond acceptors (Lipinski definition) is 2. The average Bonchev–Trinajstić information content (AvgIpc) is 3.17. The lowest BCUT2D eigenvalue weighted by atomic mass is 9.97. The van der Waals surface area contributed by atoms with Gasteiger partial charge in [0.15, 0.2) is 0 Å². The van der Waals surface area contributed by atoms with Gasteiger partial charge in [-0.2, -0.15) is 0 Å². The molecule has 5 nitrogen and oxygen atoms in total. The second-order valence-corrected chi connectivity index (χ2v) is 6.51. The first-order valence-electron chi connectivity index (χ1n) is 8.16. The minimum absolute atomic E-state index is 0.209. The Labute approximate surface area is 126 Å². The summed E-state index contributed by atoms with van der Waals surface area (Å²) >= 11 is 0. The summed E-state index contributed by atoms with van der Waals surface area (Å²) in [6.45, 7) is 1.69. The molecular formula is C16H26N4O. The molecule has 1 atom stereocenters. The molecule has 21 heavy (non-hydrogen) atoms. The number of aromatic nitrogens is 2. The predicted molar refractivity (Wildman–Crippen MR) is 82.2 cm³/mol. The zero-order valence-corrected chi connectivity index (χ0v) is 13.2. The van der Waals surface area contributed by atoms with E-state index in [-0.39, 0.29) is 6.03 Å². The fourth-order valence-corrected chi connectivity index (χ4v) is 3.80. The Balaban J connectivity index is 1.65. The summed E-state index contributed by atoms with van der Waals surface area (Å²) in [6, 6.07) is 0.659. The van der Waals surface area contributed by atoms with Gasteiger partial charge in [0.25, 0.3) is 0 Å². The SMILES string of the molecule is CN(C(=O)N1CCC[C@@H](c2nccn2C)C1)C1CCCC1. The summed E-state index contributed by atoms with van der Waals surface area (Å²) in [7, 11) is 4.01. The van der Waals surface area contributed by atoms with E-state index in [9.17, 15) is 4.79 Å². The summed E-state index contributed by atoms with van der Waals surface area (Å²) in [5.41, 5.74) is 0. The van der Waals surface area contributed by atoms with E-state index in [2.05, 4.69) is 9.55 Å². The smallest absolute Gasteiger partial charge is 0.320 e. The lowest BCUT2D eigenvalue weighted by Crippen LogP contribution is -2.48. The molecule has 2 fully saturated rings. The Morgan fingerprint density at radius 3 is 2.71 bits per heavy atom. The quantitative estimate of drug-likeness (QED) is 0.840. The van der Waals surface area contributed by atoms with Crippen molar-refractivity contribution in [2.24, 2.45) is 7.05 Å². The predicted octanol–water partition coefficient (Wildman–Crippen LogP) is 2.59. The summed E-state index contributed by atoms with van der Waals surface area (Å²) in [5.74, 6) is 1.48. The monoisotopic (exact) mass is 290 g/mol. The third kappa shape index (κ3) is 2.92. The van der Waals surface area contributed by atoms with E-state index in [0.29, 0.717) is 12.0 Å². The van der Waals surface area contributed by atoms with Crippen LogP contribution in [-0.4, -0.2) is 51.6 Å². The molecule has 1 saturated carbocycles. The maximum atomic E-state index is 12.7. The highest BCUT2D eigenvalue weighted by atomic mass is 16.2. The lowest BCUT2D eigenvalue weighted by Gasteiger charge is -2.37. The number of aryl methyl sites for hydroxylation is 1. The van der Waals surface area contributed by atoms with Crippen molar-refractivity contribution in [3.63, 3.8) is 0 Å². The van der Waals surface area contributed by atoms with Crippen LogP contribution < -0.4 is 0 Å². The van der Waals surface area contributed by atoms with Gasteiger partial charge in [0, 0.05) is 51.5 Å². The van der Waals surface area contributed by atoms with Crippen LogP contribution in [0.5, 0.6) is 0 Å². The molecule has 0 N–H and O–H groups in total. The Morgan fingerprint density at radius 1 is 1.29 bits per heavy atom. The molecule has 0 bridgehead atoms. The van der Waals surface area contributed by atoms with E-state index in [1.54, 1.807) is 0 Å². The molecule has 5 heteroatoms. The molecule has 1 saturated heterocycles. The zero-order chi connectivity index (χ0) is 14.8. The second-order valence-electron chi connectivity index (χ2n) is 6.51. The number of imidazole rings is 1. The minimum Gasteiger partial charge on any atom is -0.338 e. The molecule has 3 rings (SSSR count). The van der Waals surface area contributed by atoms with Crippen molar-refractivity contribution in [2.45, 2.75) is 50.5 Å². The lowest BCUT2D eigenvalue weighted by molar-refractivity contribution is 0.132. The Morgan fingerprint density at radius 2 is 2.05 bits per heavy atom. The van der Waals surface area contributed by atoms with Crippen LogP contribution in [0.1, 0.15) is 50.3 Å². The standard InChI is InChI=1S/C16H26N4O/c1-18-11-9-17-15(18)13-6-5-10-20(12-13)16(21)19(2)14-7-3-4-8-14/h9,11,13-14H,3-8,10,12H2,1-2H3/t13-/m1/s1. The van der Waals surface area contributed by atoms with Crippen LogP contribution in [-0.2, 0) is 7.05 Å². The van der Waals surface area contributed by atoms with Crippen LogP contribution >= 0.6 is 0 Å². The third-order valence-electron chi connectivity index (χ3n) is 5.09. The van der Waals surface area contributed by atoms with Gasteiger partial charge in [-0.1, -0.05) is 12.8 Å². The fourth-order valence-electron chi connectivity index (χ4n) is 3.80. The van der Waals surface area contributed by atoms with Gasteiger partial charge in [0.1, 0.15) is 5.82 Å². The van der Waals surface area contributed by atoms with E-state index in [4.69, 9.17) is 0 Å². The highest BCUT2D eigenvalue weighted by Crippen LogP contribution is 2.28. The maximum absolute atomic E-state index is 12.7. The Bertz CT molecular complexity index is 492. The number of urea groups is 1. The normalized spacial score (nSPS) is 23.5. The van der Waals surface area contributed by atoms with Gasteiger partial charge >= 0.3 is 6.03 Å². The number of amides is 2. The number of carbonyl (C=O) groups is 1. The van der Waals surface area contributed by atoms with Crippen molar-refractivity contribution < 1.29 is 4.79 Å². The van der Waals surface area contributed by atoms with Gasteiger partial charge in [-0.25, -0.2) is 9.78 Å². The molecule has 1 aromatic rings. The van der Waals surface area contributed by atoms with Crippen LogP contribution in [0.25, 0.3) is 0 Å². The summed E-state index contributed by atoms with van der Waals surface area (Å²) in [4.78, 5) is 21.2. The van der Waals surface area contributed by atoms with Crippen molar-refractivity contribution in [1.82, 2.24) is 19.4 Å². The summed E-state index contributed by atoms with van der Waals surface area (Å²) in [5, 5.41) is 0. The summed E-state index contributed by atoms with van der Waals surface area (Å²) in [6.07, 6.45) is 10.9. The van der Waals surface area contributed by atoms with Gasteiger partial charge in [0.05, 0.1) is 0 Å². The first-order chi connectivity index (χ1) is 10.2. The molecule has 1 aliphatic heterocycles. The van der Waals surface area contributed by atoms with Gasteiger partial charge in [0.2, 0.25) is 0 Å². The molecule has 0 aromatic carbocycles. The highest BCUT2D eigenvalue weighted by molar-refractivity contribution is 5.74. The largest absolute Gasteiger partial charge is 0.338 e. The van der Waals surface area contributed by atoms with E-state index in [1.807, 2.05) is 36.3 Å². The molecule has 0 radical (unpaired) electrons. The fraction of sp³-hybridized carbons (Fsp3) is 0.750. The molecule has 1 aliphatic carbocycles. The number of carbonyl (C=O) groups excluding carboxylic acids is 1. The first kappa shape index (κ1) is 14.4. The van der Waals surface area contributed by atoms with Crippen molar-refractivity contribution in [2.75, 3.05) is 20.1 Å². The van der Waals surface area contributed by atoms with Crippen molar-refractivity contribution in [1.29, 1.82) is 0 Å². The molecule has 116 valence electrons. The highest BCUT2D eigenvalue weighted by Gasteiger charge is 2.31. The molecule has 0 unspecified atom stereocenters. The first-order valence-corrected chi connectivity index (χ1v) is 8.16. The van der Waals surface area contributed by atoms with Crippen molar-refractivity contribution in [3.8, 4) is 0 Å². The summed E-state index contributed by atoms with van der Waals surface area (Å²) < 4.78 is 2.08. The number of hydrogen-bond donors (Lipinski definition) is 0. The molecule has 1 aromatic heterocycles. The van der Waals surface area contributed by atoms with E-state index >= 15 is 0 Å². The van der Waals surface area contributed by atoms with Gasteiger partial charge in [-0.05, 0) is 25.7 Å².